The Morgan fingerprint density at radius 2 is 2.00 bits per heavy atom. The molecule has 3 rings (SSSR count). The number of carbonyl (C=O) groups excluding carboxylic acids is 1. The number of benzene rings is 1. The van der Waals surface area contributed by atoms with E-state index in [1.54, 1.807) is 14.0 Å². The summed E-state index contributed by atoms with van der Waals surface area (Å²) < 4.78 is 5.37. The van der Waals surface area contributed by atoms with E-state index in [0.717, 1.165) is 37.4 Å². The molecule has 5 heteroatoms. The maximum atomic E-state index is 11.4. The highest BCUT2D eigenvalue weighted by Crippen LogP contribution is 2.32. The molecule has 1 aromatic carbocycles. The van der Waals surface area contributed by atoms with Crippen LogP contribution in [-0.4, -0.2) is 49.1 Å². The van der Waals surface area contributed by atoms with Gasteiger partial charge in [0.05, 0.1) is 12.6 Å². The second kappa shape index (κ2) is 5.07. The number of anilines is 1. The van der Waals surface area contributed by atoms with E-state index >= 15 is 0 Å². The zero-order chi connectivity index (χ0) is 14.1. The van der Waals surface area contributed by atoms with E-state index in [4.69, 9.17) is 4.74 Å². The molecule has 0 radical (unpaired) electrons. The predicted molar refractivity (Wildman–Crippen MR) is 79.3 cm³/mol. The van der Waals surface area contributed by atoms with E-state index in [9.17, 15) is 4.79 Å². The molecule has 106 valence electrons. The molecule has 1 aromatic heterocycles. The number of piperazine rings is 1. The Balaban J connectivity index is 1.90. The third-order valence-electron chi connectivity index (χ3n) is 3.92. The van der Waals surface area contributed by atoms with E-state index in [-0.39, 0.29) is 5.91 Å². The van der Waals surface area contributed by atoms with Crippen molar-refractivity contribution in [3.8, 4) is 5.75 Å². The molecule has 1 aliphatic heterocycles. The Bertz CT molecular complexity index is 627. The zero-order valence-corrected chi connectivity index (χ0v) is 11.8. The van der Waals surface area contributed by atoms with Crippen LogP contribution >= 0.6 is 0 Å². The highest BCUT2D eigenvalue weighted by atomic mass is 16.5. The summed E-state index contributed by atoms with van der Waals surface area (Å²) in [5.41, 5.74) is 2.25. The highest BCUT2D eigenvalue weighted by molar-refractivity contribution is 5.94. The van der Waals surface area contributed by atoms with Crippen LogP contribution in [-0.2, 0) is 4.79 Å². The van der Waals surface area contributed by atoms with Crippen molar-refractivity contribution in [1.29, 1.82) is 0 Å². The Labute approximate surface area is 118 Å². The van der Waals surface area contributed by atoms with Crippen molar-refractivity contribution in [2.24, 2.45) is 0 Å². The Morgan fingerprint density at radius 1 is 1.25 bits per heavy atom. The van der Waals surface area contributed by atoms with E-state index < -0.39 is 0 Å². The maximum absolute atomic E-state index is 11.4. The fraction of sp³-hybridized carbons (Fsp3) is 0.400. The van der Waals surface area contributed by atoms with Gasteiger partial charge in [-0.3, -0.25) is 4.79 Å². The SMILES string of the molecule is COc1cc(N2CCN(C(C)=O)CC2)c2cc[nH]c2c1. The van der Waals surface area contributed by atoms with Gasteiger partial charge in [0.25, 0.3) is 0 Å². The standard InChI is InChI=1S/C15H19N3O2/c1-11(19)17-5-7-18(8-6-17)15-10-12(20-2)9-14-13(15)3-4-16-14/h3-4,9-10,16H,5-8H2,1-2H3. The van der Waals surface area contributed by atoms with Crippen molar-refractivity contribution in [3.63, 3.8) is 0 Å². The topological polar surface area (TPSA) is 48.6 Å². The van der Waals surface area contributed by atoms with Gasteiger partial charge in [0.1, 0.15) is 5.75 Å². The first-order valence-electron chi connectivity index (χ1n) is 6.84. The molecule has 2 aromatic rings. The number of amides is 1. The summed E-state index contributed by atoms with van der Waals surface area (Å²) in [6, 6.07) is 6.16. The molecular formula is C15H19N3O2. The lowest BCUT2D eigenvalue weighted by atomic mass is 10.1. The number of methoxy groups -OCH3 is 1. The van der Waals surface area contributed by atoms with Gasteiger partial charge in [-0.1, -0.05) is 0 Å². The number of H-pyrrole nitrogens is 1. The summed E-state index contributed by atoms with van der Waals surface area (Å²) >= 11 is 0. The lowest BCUT2D eigenvalue weighted by molar-refractivity contribution is -0.129. The summed E-state index contributed by atoms with van der Waals surface area (Å²) in [6.07, 6.45) is 1.94. The average molecular weight is 273 g/mol. The van der Waals surface area contributed by atoms with Gasteiger partial charge in [0, 0.05) is 62.5 Å². The number of rotatable bonds is 2. The van der Waals surface area contributed by atoms with Crippen LogP contribution in [0.4, 0.5) is 5.69 Å². The molecule has 0 unspecified atom stereocenters. The number of ether oxygens (including phenoxy) is 1. The first-order valence-corrected chi connectivity index (χ1v) is 6.84. The molecule has 5 nitrogen and oxygen atoms in total. The zero-order valence-electron chi connectivity index (χ0n) is 11.8. The Morgan fingerprint density at radius 3 is 2.65 bits per heavy atom. The molecule has 0 spiro atoms. The number of fused-ring (bicyclic) bond motifs is 1. The fourth-order valence-corrected chi connectivity index (χ4v) is 2.76. The molecule has 2 heterocycles. The van der Waals surface area contributed by atoms with Crippen molar-refractivity contribution in [2.45, 2.75) is 6.92 Å². The summed E-state index contributed by atoms with van der Waals surface area (Å²) in [4.78, 5) is 18.8. The summed E-state index contributed by atoms with van der Waals surface area (Å²) in [7, 11) is 1.68. The number of carbonyl (C=O) groups is 1. The lowest BCUT2D eigenvalue weighted by Gasteiger charge is -2.36. The second-order valence-corrected chi connectivity index (χ2v) is 5.08. The van der Waals surface area contributed by atoms with Crippen molar-refractivity contribution in [1.82, 2.24) is 9.88 Å². The predicted octanol–water partition coefficient (Wildman–Crippen LogP) is 1.84. The fourth-order valence-electron chi connectivity index (χ4n) is 2.76. The average Bonchev–Trinajstić information content (AvgIpc) is 2.94. The molecule has 1 fully saturated rings. The molecule has 1 amide bonds. The first kappa shape index (κ1) is 12.8. The van der Waals surface area contributed by atoms with Gasteiger partial charge >= 0.3 is 0 Å². The van der Waals surface area contributed by atoms with Gasteiger partial charge in [-0.25, -0.2) is 0 Å². The van der Waals surface area contributed by atoms with E-state index in [1.807, 2.05) is 17.2 Å². The van der Waals surface area contributed by atoms with Crippen molar-refractivity contribution in [3.05, 3.63) is 24.4 Å². The molecule has 1 N–H and O–H groups in total. The molecule has 1 saturated heterocycles. The lowest BCUT2D eigenvalue weighted by Crippen LogP contribution is -2.48. The van der Waals surface area contributed by atoms with Gasteiger partial charge in [0.2, 0.25) is 5.91 Å². The highest BCUT2D eigenvalue weighted by Gasteiger charge is 2.20. The minimum Gasteiger partial charge on any atom is -0.497 e. The van der Waals surface area contributed by atoms with Crippen LogP contribution in [0.25, 0.3) is 10.9 Å². The van der Waals surface area contributed by atoms with Gasteiger partial charge in [-0.2, -0.15) is 0 Å². The van der Waals surface area contributed by atoms with Gasteiger partial charge in [-0.15, -0.1) is 0 Å². The van der Waals surface area contributed by atoms with Crippen LogP contribution in [0.1, 0.15) is 6.92 Å². The first-order chi connectivity index (χ1) is 9.69. The number of aromatic nitrogens is 1. The van der Waals surface area contributed by atoms with Crippen molar-refractivity contribution < 1.29 is 9.53 Å². The second-order valence-electron chi connectivity index (χ2n) is 5.08. The van der Waals surface area contributed by atoms with Gasteiger partial charge < -0.3 is 19.5 Å². The summed E-state index contributed by atoms with van der Waals surface area (Å²) in [5.74, 6) is 1.01. The molecule has 20 heavy (non-hydrogen) atoms. The van der Waals surface area contributed by atoms with Crippen LogP contribution in [0, 0.1) is 0 Å². The number of hydrogen-bond donors (Lipinski definition) is 1. The molecule has 0 saturated carbocycles. The number of nitrogens with zero attached hydrogens (tertiary/aromatic N) is 2. The van der Waals surface area contributed by atoms with E-state index in [2.05, 4.69) is 22.0 Å². The van der Waals surface area contributed by atoms with Crippen LogP contribution in [0.5, 0.6) is 5.75 Å². The number of aromatic amines is 1. The Hall–Kier alpha value is -2.17. The third-order valence-corrected chi connectivity index (χ3v) is 3.92. The van der Waals surface area contributed by atoms with Gasteiger partial charge in [-0.05, 0) is 6.07 Å². The third kappa shape index (κ3) is 2.19. The van der Waals surface area contributed by atoms with Crippen molar-refractivity contribution in [2.75, 3.05) is 38.2 Å². The minimum absolute atomic E-state index is 0.155. The quantitative estimate of drug-likeness (QED) is 0.908. The van der Waals surface area contributed by atoms with E-state index in [1.165, 1.54) is 11.1 Å². The Kier molecular flexibility index (Phi) is 3.26. The molecule has 0 bridgehead atoms. The molecule has 0 atom stereocenters. The van der Waals surface area contributed by atoms with Crippen LogP contribution < -0.4 is 9.64 Å². The van der Waals surface area contributed by atoms with Crippen LogP contribution in [0.15, 0.2) is 24.4 Å². The van der Waals surface area contributed by atoms with E-state index in [0.29, 0.717) is 0 Å². The smallest absolute Gasteiger partial charge is 0.219 e. The number of hydrogen-bond acceptors (Lipinski definition) is 3. The number of nitrogens with one attached hydrogen (secondary N) is 1. The van der Waals surface area contributed by atoms with Crippen LogP contribution in [0.2, 0.25) is 0 Å². The largest absolute Gasteiger partial charge is 0.497 e. The monoisotopic (exact) mass is 273 g/mol. The maximum Gasteiger partial charge on any atom is 0.219 e. The summed E-state index contributed by atoms with van der Waals surface area (Å²) in [5, 5.41) is 1.20. The normalized spacial score (nSPS) is 15.7. The minimum atomic E-state index is 0.155. The molecule has 1 aliphatic rings. The van der Waals surface area contributed by atoms with Crippen molar-refractivity contribution >= 4 is 22.5 Å². The molecular weight excluding hydrogens is 254 g/mol. The van der Waals surface area contributed by atoms with Gasteiger partial charge in [0.15, 0.2) is 0 Å². The van der Waals surface area contributed by atoms with Crippen LogP contribution in [0.3, 0.4) is 0 Å². The summed E-state index contributed by atoms with van der Waals surface area (Å²) in [6.45, 7) is 4.89. The molecule has 0 aliphatic carbocycles.